The fraction of sp³-hybridized carbons (Fsp3) is 0.188. The van der Waals surface area contributed by atoms with Crippen molar-refractivity contribution >= 4 is 11.6 Å². The topological polar surface area (TPSA) is 61.4 Å². The van der Waals surface area contributed by atoms with Crippen LogP contribution in [0, 0.1) is 6.92 Å². The molecule has 3 N–H and O–H groups in total. The van der Waals surface area contributed by atoms with Crippen LogP contribution in [-0.4, -0.2) is 18.1 Å². The minimum absolute atomic E-state index is 0.118. The lowest BCUT2D eigenvalue weighted by atomic mass is 10.1. The average molecular weight is 270 g/mol. The highest BCUT2D eigenvalue weighted by molar-refractivity contribution is 5.94. The van der Waals surface area contributed by atoms with Crippen LogP contribution in [0.2, 0.25) is 0 Å². The van der Waals surface area contributed by atoms with Crippen LogP contribution in [-0.2, 0) is 6.54 Å². The fourth-order valence-corrected chi connectivity index (χ4v) is 1.97. The summed E-state index contributed by atoms with van der Waals surface area (Å²) in [5.41, 5.74) is 3.37. The highest BCUT2D eigenvalue weighted by atomic mass is 16.3. The van der Waals surface area contributed by atoms with Crippen molar-refractivity contribution in [2.75, 3.05) is 12.4 Å². The van der Waals surface area contributed by atoms with Crippen molar-refractivity contribution in [2.45, 2.75) is 13.5 Å². The van der Waals surface area contributed by atoms with Crippen LogP contribution in [0.25, 0.3) is 0 Å². The van der Waals surface area contributed by atoms with E-state index < -0.39 is 0 Å². The Morgan fingerprint density at radius 3 is 2.75 bits per heavy atom. The molecule has 104 valence electrons. The lowest BCUT2D eigenvalue weighted by Gasteiger charge is -2.10. The Labute approximate surface area is 118 Å². The number of aryl methyl sites for hydroxylation is 1. The highest BCUT2D eigenvalue weighted by Crippen LogP contribution is 2.20. The molecule has 0 bridgehead atoms. The van der Waals surface area contributed by atoms with Gasteiger partial charge in [0.1, 0.15) is 5.75 Å². The Balaban J connectivity index is 2.11. The van der Waals surface area contributed by atoms with Gasteiger partial charge in [0.05, 0.1) is 0 Å². The van der Waals surface area contributed by atoms with E-state index in [2.05, 4.69) is 10.6 Å². The zero-order valence-corrected chi connectivity index (χ0v) is 11.6. The Morgan fingerprint density at radius 2 is 2.00 bits per heavy atom. The van der Waals surface area contributed by atoms with Crippen LogP contribution in [0.1, 0.15) is 21.5 Å². The SMILES string of the molecule is CNC(=O)c1cccc(NCc2cc(C)ccc2O)c1. The Hall–Kier alpha value is -2.49. The van der Waals surface area contributed by atoms with Crippen molar-refractivity contribution in [2.24, 2.45) is 0 Å². The molecule has 4 nitrogen and oxygen atoms in total. The average Bonchev–Trinajstić information content (AvgIpc) is 2.47. The second-order valence-electron chi connectivity index (χ2n) is 4.65. The summed E-state index contributed by atoms with van der Waals surface area (Å²) in [5.74, 6) is 0.151. The van der Waals surface area contributed by atoms with E-state index >= 15 is 0 Å². The molecule has 0 aromatic heterocycles. The van der Waals surface area contributed by atoms with E-state index in [-0.39, 0.29) is 11.7 Å². The molecule has 0 aliphatic heterocycles. The van der Waals surface area contributed by atoms with E-state index in [1.54, 1.807) is 25.2 Å². The van der Waals surface area contributed by atoms with Gasteiger partial charge in [0, 0.05) is 30.4 Å². The third-order valence-corrected chi connectivity index (χ3v) is 3.07. The van der Waals surface area contributed by atoms with E-state index in [4.69, 9.17) is 0 Å². The van der Waals surface area contributed by atoms with Crippen LogP contribution < -0.4 is 10.6 Å². The molecule has 0 spiro atoms. The van der Waals surface area contributed by atoms with Crippen molar-refractivity contribution in [3.8, 4) is 5.75 Å². The molecular formula is C16H18N2O2. The maximum Gasteiger partial charge on any atom is 0.251 e. The molecule has 0 unspecified atom stereocenters. The number of benzene rings is 2. The number of carbonyl (C=O) groups is 1. The van der Waals surface area contributed by atoms with Gasteiger partial charge in [-0.05, 0) is 31.2 Å². The smallest absolute Gasteiger partial charge is 0.251 e. The van der Waals surface area contributed by atoms with E-state index in [1.807, 2.05) is 31.2 Å². The lowest BCUT2D eigenvalue weighted by molar-refractivity contribution is 0.0963. The number of rotatable bonds is 4. The predicted molar refractivity (Wildman–Crippen MR) is 80.0 cm³/mol. The second-order valence-corrected chi connectivity index (χ2v) is 4.65. The van der Waals surface area contributed by atoms with Gasteiger partial charge in [-0.1, -0.05) is 23.8 Å². The molecule has 0 saturated heterocycles. The summed E-state index contributed by atoms with van der Waals surface area (Å²) in [4.78, 5) is 11.6. The first-order valence-corrected chi connectivity index (χ1v) is 6.44. The van der Waals surface area contributed by atoms with Gasteiger partial charge in [-0.15, -0.1) is 0 Å². The number of anilines is 1. The third-order valence-electron chi connectivity index (χ3n) is 3.07. The van der Waals surface area contributed by atoms with Gasteiger partial charge in [0.25, 0.3) is 5.91 Å². The van der Waals surface area contributed by atoms with Gasteiger partial charge in [-0.3, -0.25) is 4.79 Å². The van der Waals surface area contributed by atoms with E-state index in [0.29, 0.717) is 12.1 Å². The quantitative estimate of drug-likeness (QED) is 0.800. The first-order chi connectivity index (χ1) is 9.60. The van der Waals surface area contributed by atoms with Crippen LogP contribution in [0.15, 0.2) is 42.5 Å². The molecule has 0 fully saturated rings. The maximum atomic E-state index is 11.6. The van der Waals surface area contributed by atoms with Gasteiger partial charge < -0.3 is 15.7 Å². The Bertz CT molecular complexity index is 624. The number of hydrogen-bond donors (Lipinski definition) is 3. The third kappa shape index (κ3) is 3.29. The maximum absolute atomic E-state index is 11.6. The molecule has 0 aliphatic carbocycles. The number of carbonyl (C=O) groups excluding carboxylic acids is 1. The van der Waals surface area contributed by atoms with Gasteiger partial charge in [0.15, 0.2) is 0 Å². The fourth-order valence-electron chi connectivity index (χ4n) is 1.97. The van der Waals surface area contributed by atoms with Gasteiger partial charge >= 0.3 is 0 Å². The summed E-state index contributed by atoms with van der Waals surface area (Å²) in [6.07, 6.45) is 0. The molecule has 0 atom stereocenters. The zero-order valence-electron chi connectivity index (χ0n) is 11.6. The van der Waals surface area contributed by atoms with Crippen LogP contribution in [0.5, 0.6) is 5.75 Å². The molecule has 0 radical (unpaired) electrons. The minimum Gasteiger partial charge on any atom is -0.508 e. The molecule has 0 heterocycles. The van der Waals surface area contributed by atoms with Crippen molar-refractivity contribution in [1.82, 2.24) is 5.32 Å². The molecule has 2 aromatic carbocycles. The zero-order chi connectivity index (χ0) is 14.5. The standard InChI is InChI=1S/C16H18N2O2/c1-11-6-7-15(19)13(8-11)10-18-14-5-3-4-12(9-14)16(20)17-2/h3-9,18-19H,10H2,1-2H3,(H,17,20). The Morgan fingerprint density at radius 1 is 1.20 bits per heavy atom. The van der Waals surface area contributed by atoms with E-state index in [1.165, 1.54) is 0 Å². The summed E-state index contributed by atoms with van der Waals surface area (Å²) >= 11 is 0. The van der Waals surface area contributed by atoms with Gasteiger partial charge in [-0.2, -0.15) is 0 Å². The first kappa shape index (κ1) is 13.9. The van der Waals surface area contributed by atoms with Crippen molar-refractivity contribution in [3.63, 3.8) is 0 Å². The van der Waals surface area contributed by atoms with Crippen molar-refractivity contribution in [1.29, 1.82) is 0 Å². The molecule has 20 heavy (non-hydrogen) atoms. The summed E-state index contributed by atoms with van der Waals surface area (Å²) in [6, 6.07) is 12.7. The monoisotopic (exact) mass is 270 g/mol. The lowest BCUT2D eigenvalue weighted by Crippen LogP contribution is -2.17. The predicted octanol–water partition coefficient (Wildman–Crippen LogP) is 2.67. The molecule has 0 saturated carbocycles. The van der Waals surface area contributed by atoms with E-state index in [0.717, 1.165) is 16.8 Å². The highest BCUT2D eigenvalue weighted by Gasteiger charge is 2.05. The minimum atomic E-state index is -0.118. The molecule has 1 amide bonds. The number of amides is 1. The second kappa shape index (κ2) is 6.10. The van der Waals surface area contributed by atoms with Gasteiger partial charge in [-0.25, -0.2) is 0 Å². The van der Waals surface area contributed by atoms with Crippen LogP contribution in [0.3, 0.4) is 0 Å². The summed E-state index contributed by atoms with van der Waals surface area (Å²) in [5, 5.41) is 15.6. The summed E-state index contributed by atoms with van der Waals surface area (Å²) in [7, 11) is 1.60. The Kier molecular flexibility index (Phi) is 4.25. The van der Waals surface area contributed by atoms with Crippen LogP contribution in [0.4, 0.5) is 5.69 Å². The van der Waals surface area contributed by atoms with E-state index in [9.17, 15) is 9.90 Å². The normalized spacial score (nSPS) is 10.1. The number of hydrogen-bond acceptors (Lipinski definition) is 3. The van der Waals surface area contributed by atoms with Crippen molar-refractivity contribution < 1.29 is 9.90 Å². The summed E-state index contributed by atoms with van der Waals surface area (Å²) < 4.78 is 0. The van der Waals surface area contributed by atoms with Crippen molar-refractivity contribution in [3.05, 3.63) is 59.2 Å². The largest absolute Gasteiger partial charge is 0.508 e. The first-order valence-electron chi connectivity index (χ1n) is 6.44. The number of aromatic hydroxyl groups is 1. The molecule has 4 heteroatoms. The summed E-state index contributed by atoms with van der Waals surface area (Å²) in [6.45, 7) is 2.49. The molecular weight excluding hydrogens is 252 g/mol. The molecule has 2 rings (SSSR count). The van der Waals surface area contributed by atoms with Gasteiger partial charge in [0.2, 0.25) is 0 Å². The number of nitrogens with one attached hydrogen (secondary N) is 2. The molecule has 0 aliphatic rings. The van der Waals surface area contributed by atoms with Crippen LogP contribution >= 0.6 is 0 Å². The molecule has 2 aromatic rings. The number of phenols is 1. The number of phenolic OH excluding ortho intramolecular Hbond substituents is 1.